The first-order valence-electron chi connectivity index (χ1n) is 7.82. The van der Waals surface area contributed by atoms with Crippen LogP contribution in [0.4, 0.5) is 4.79 Å². The van der Waals surface area contributed by atoms with Crippen LogP contribution in [0.3, 0.4) is 0 Å². The molecule has 0 aliphatic rings. The third-order valence-corrected chi connectivity index (χ3v) is 3.21. The van der Waals surface area contributed by atoms with Crippen molar-refractivity contribution in [1.82, 2.24) is 4.98 Å². The molecule has 0 fully saturated rings. The number of aromatic amines is 1. The van der Waals surface area contributed by atoms with Crippen molar-refractivity contribution >= 4 is 16.9 Å². The molecule has 0 atom stereocenters. The summed E-state index contributed by atoms with van der Waals surface area (Å²) in [6.45, 7) is 5.91. The van der Waals surface area contributed by atoms with Crippen molar-refractivity contribution in [3.63, 3.8) is 0 Å². The summed E-state index contributed by atoms with van der Waals surface area (Å²) >= 11 is 0. The van der Waals surface area contributed by atoms with Gasteiger partial charge in [-0.25, -0.2) is 4.79 Å². The van der Waals surface area contributed by atoms with Gasteiger partial charge in [-0.15, -0.1) is 0 Å². The molecule has 1 aromatic carbocycles. The summed E-state index contributed by atoms with van der Waals surface area (Å²) in [7, 11) is 0. The van der Waals surface area contributed by atoms with E-state index in [1.807, 2.05) is 20.8 Å². The summed E-state index contributed by atoms with van der Waals surface area (Å²) in [5, 5.41) is 10.7. The lowest BCUT2D eigenvalue weighted by Gasteiger charge is -2.12. The number of benzene rings is 1. The first kappa shape index (κ1) is 17.7. The van der Waals surface area contributed by atoms with Crippen LogP contribution < -0.4 is 15.0 Å². The molecule has 2 rings (SSSR count). The fourth-order valence-corrected chi connectivity index (χ4v) is 2.10. The molecule has 2 aromatic rings. The highest BCUT2D eigenvalue weighted by Crippen LogP contribution is 2.32. The molecule has 2 N–H and O–H groups in total. The van der Waals surface area contributed by atoms with Crippen molar-refractivity contribution in [3.05, 3.63) is 28.6 Å². The fraction of sp³-hybridized carbons (Fsp3) is 0.412. The topological polar surface area (TPSA) is 97.9 Å². The van der Waals surface area contributed by atoms with Gasteiger partial charge in [0.05, 0.1) is 18.1 Å². The number of rotatable bonds is 6. The SMILES string of the molecule is CCCCOC(=O)Oc1[nH]c(=O)c2cc(OC(C)C)ccc2c1O. The van der Waals surface area contributed by atoms with Crippen molar-refractivity contribution in [1.29, 1.82) is 0 Å². The third-order valence-electron chi connectivity index (χ3n) is 3.21. The summed E-state index contributed by atoms with van der Waals surface area (Å²) in [5.74, 6) is -0.172. The molecule has 0 bridgehead atoms. The minimum atomic E-state index is -0.978. The number of aromatic hydroxyl groups is 1. The Kier molecular flexibility index (Phi) is 5.68. The van der Waals surface area contributed by atoms with Crippen molar-refractivity contribution in [2.75, 3.05) is 6.61 Å². The van der Waals surface area contributed by atoms with Gasteiger partial charge in [0.1, 0.15) is 5.75 Å². The van der Waals surface area contributed by atoms with Gasteiger partial charge in [0.2, 0.25) is 5.88 Å². The van der Waals surface area contributed by atoms with Crippen molar-refractivity contribution in [2.24, 2.45) is 0 Å². The molecule has 7 nitrogen and oxygen atoms in total. The molecule has 1 aromatic heterocycles. The molecule has 0 spiro atoms. The molecule has 1 heterocycles. The number of unbranched alkanes of at least 4 members (excludes halogenated alkanes) is 1. The maximum absolute atomic E-state index is 12.2. The lowest BCUT2D eigenvalue weighted by molar-refractivity contribution is 0.0951. The van der Waals surface area contributed by atoms with Gasteiger partial charge in [-0.05, 0) is 38.5 Å². The molecule has 130 valence electrons. The molecular weight excluding hydrogens is 314 g/mol. The average molecular weight is 335 g/mol. The summed E-state index contributed by atoms with van der Waals surface area (Å²) in [6.07, 6.45) is 0.546. The Hall–Kier alpha value is -2.70. The summed E-state index contributed by atoms with van der Waals surface area (Å²) in [4.78, 5) is 26.1. The Labute approximate surface area is 139 Å². The normalized spacial score (nSPS) is 10.8. The van der Waals surface area contributed by atoms with Gasteiger partial charge < -0.3 is 19.3 Å². The maximum Gasteiger partial charge on any atom is 0.515 e. The number of carbonyl (C=O) groups is 1. The monoisotopic (exact) mass is 335 g/mol. The standard InChI is InChI=1S/C17H21NO6/c1-4-5-8-22-17(21)24-16-14(19)12-7-6-11(23-10(2)3)9-13(12)15(20)18-16/h6-7,9-10,19H,4-5,8H2,1-3H3,(H,18,20). The van der Waals surface area contributed by atoms with E-state index < -0.39 is 11.7 Å². The highest BCUT2D eigenvalue weighted by molar-refractivity contribution is 5.90. The van der Waals surface area contributed by atoms with Crippen LogP contribution in [0.1, 0.15) is 33.6 Å². The number of pyridine rings is 1. The summed E-state index contributed by atoms with van der Waals surface area (Å²) < 4.78 is 15.2. The van der Waals surface area contributed by atoms with Crippen molar-refractivity contribution in [2.45, 2.75) is 39.7 Å². The number of H-pyrrole nitrogens is 1. The highest BCUT2D eigenvalue weighted by atomic mass is 16.7. The number of fused-ring (bicyclic) bond motifs is 1. The maximum atomic E-state index is 12.2. The summed E-state index contributed by atoms with van der Waals surface area (Å²) in [5.41, 5.74) is -0.506. The van der Waals surface area contributed by atoms with E-state index in [2.05, 4.69) is 4.98 Å². The predicted molar refractivity (Wildman–Crippen MR) is 88.9 cm³/mol. The van der Waals surface area contributed by atoms with E-state index >= 15 is 0 Å². The van der Waals surface area contributed by atoms with Gasteiger partial charge >= 0.3 is 6.16 Å². The van der Waals surface area contributed by atoms with Crippen LogP contribution >= 0.6 is 0 Å². The van der Waals surface area contributed by atoms with E-state index in [4.69, 9.17) is 14.2 Å². The molecule has 7 heteroatoms. The number of carbonyl (C=O) groups excluding carboxylic acids is 1. The molecule has 0 radical (unpaired) electrons. The van der Waals surface area contributed by atoms with Gasteiger partial charge in [0.25, 0.3) is 5.56 Å². The average Bonchev–Trinajstić information content (AvgIpc) is 2.52. The molecule has 0 aliphatic heterocycles. The largest absolute Gasteiger partial charge is 0.515 e. The Bertz CT molecular complexity index is 780. The van der Waals surface area contributed by atoms with Crippen LogP contribution in [0, 0.1) is 0 Å². The molecular formula is C17H21NO6. The number of nitrogens with one attached hydrogen (secondary N) is 1. The van der Waals surface area contributed by atoms with Crippen LogP contribution in [0.2, 0.25) is 0 Å². The molecule has 0 unspecified atom stereocenters. The zero-order valence-electron chi connectivity index (χ0n) is 13.9. The lowest BCUT2D eigenvalue weighted by Crippen LogP contribution is -2.16. The molecule has 24 heavy (non-hydrogen) atoms. The Balaban J connectivity index is 2.29. The van der Waals surface area contributed by atoms with E-state index in [0.29, 0.717) is 12.2 Å². The van der Waals surface area contributed by atoms with Gasteiger partial charge in [0, 0.05) is 5.39 Å². The second-order valence-electron chi connectivity index (χ2n) is 5.56. The van der Waals surface area contributed by atoms with E-state index in [0.717, 1.165) is 6.42 Å². The van der Waals surface area contributed by atoms with Crippen molar-refractivity contribution < 1.29 is 24.1 Å². The van der Waals surface area contributed by atoms with Crippen LogP contribution in [0.15, 0.2) is 23.0 Å². The number of hydrogen-bond acceptors (Lipinski definition) is 6. The molecule has 0 saturated heterocycles. The predicted octanol–water partition coefficient (Wildman–Crippen LogP) is 3.34. The number of aromatic nitrogens is 1. The Morgan fingerprint density at radius 3 is 2.71 bits per heavy atom. The molecule has 0 amide bonds. The number of hydrogen-bond donors (Lipinski definition) is 2. The van der Waals surface area contributed by atoms with E-state index in [9.17, 15) is 14.7 Å². The van der Waals surface area contributed by atoms with Gasteiger partial charge in [0.15, 0.2) is 5.75 Å². The molecule has 0 saturated carbocycles. The van der Waals surface area contributed by atoms with Crippen LogP contribution in [0.5, 0.6) is 17.4 Å². The highest BCUT2D eigenvalue weighted by Gasteiger charge is 2.16. The molecule has 0 aliphatic carbocycles. The Morgan fingerprint density at radius 2 is 2.04 bits per heavy atom. The van der Waals surface area contributed by atoms with Crippen molar-refractivity contribution in [3.8, 4) is 17.4 Å². The van der Waals surface area contributed by atoms with Crippen LogP contribution in [-0.4, -0.2) is 29.0 Å². The minimum absolute atomic E-state index is 0.0457. The van der Waals surface area contributed by atoms with E-state index in [-0.39, 0.29) is 35.1 Å². The Morgan fingerprint density at radius 1 is 1.29 bits per heavy atom. The zero-order chi connectivity index (χ0) is 17.7. The zero-order valence-corrected chi connectivity index (χ0v) is 13.9. The van der Waals surface area contributed by atoms with Gasteiger partial charge in [-0.3, -0.25) is 9.78 Å². The van der Waals surface area contributed by atoms with E-state index in [1.54, 1.807) is 6.07 Å². The minimum Gasteiger partial charge on any atom is -0.503 e. The lowest BCUT2D eigenvalue weighted by atomic mass is 10.1. The number of ether oxygens (including phenoxy) is 3. The van der Waals surface area contributed by atoms with Crippen LogP contribution in [-0.2, 0) is 4.74 Å². The van der Waals surface area contributed by atoms with E-state index in [1.165, 1.54) is 12.1 Å². The summed E-state index contributed by atoms with van der Waals surface area (Å²) in [6, 6.07) is 4.69. The van der Waals surface area contributed by atoms with Gasteiger partial charge in [-0.1, -0.05) is 13.3 Å². The van der Waals surface area contributed by atoms with Crippen LogP contribution in [0.25, 0.3) is 10.8 Å². The quantitative estimate of drug-likeness (QED) is 0.620. The first-order chi connectivity index (χ1) is 11.4. The fourth-order valence-electron chi connectivity index (χ4n) is 2.10. The first-order valence-corrected chi connectivity index (χ1v) is 7.82. The third kappa shape index (κ3) is 4.18. The second kappa shape index (κ2) is 7.72. The van der Waals surface area contributed by atoms with Gasteiger partial charge in [-0.2, -0.15) is 0 Å². The second-order valence-corrected chi connectivity index (χ2v) is 5.56. The smallest absolute Gasteiger partial charge is 0.503 e.